The van der Waals surface area contributed by atoms with Crippen molar-refractivity contribution in [1.82, 2.24) is 4.90 Å². The van der Waals surface area contributed by atoms with Crippen LogP contribution in [0.1, 0.15) is 18.4 Å². The summed E-state index contributed by atoms with van der Waals surface area (Å²) >= 11 is 0. The van der Waals surface area contributed by atoms with E-state index in [1.807, 2.05) is 35.2 Å². The van der Waals surface area contributed by atoms with Crippen molar-refractivity contribution in [2.75, 3.05) is 24.5 Å². The minimum absolute atomic E-state index is 0.00265. The molecule has 26 heavy (non-hydrogen) atoms. The number of β-lactam (4-membered cyclic amide) rings is 1. The fourth-order valence-corrected chi connectivity index (χ4v) is 3.94. The van der Waals surface area contributed by atoms with Gasteiger partial charge < -0.3 is 9.80 Å². The Morgan fingerprint density at radius 3 is 2.42 bits per heavy atom. The molecule has 0 atom stereocenters. The molecule has 2 aliphatic rings. The van der Waals surface area contributed by atoms with Gasteiger partial charge in [0.15, 0.2) is 0 Å². The number of halogens is 1. The van der Waals surface area contributed by atoms with E-state index >= 15 is 0 Å². The molecular weight excluding hydrogens is 331 g/mol. The van der Waals surface area contributed by atoms with Crippen molar-refractivity contribution in [2.24, 2.45) is 5.41 Å². The highest BCUT2D eigenvalue weighted by molar-refractivity contribution is 6.04. The number of likely N-dealkylation sites (tertiary alicyclic amines) is 1. The first-order chi connectivity index (χ1) is 12.6. The maximum Gasteiger partial charge on any atom is 0.235 e. The number of nitrogens with zero attached hydrogens (tertiary/aromatic N) is 2. The molecule has 5 heteroatoms. The van der Waals surface area contributed by atoms with Crippen molar-refractivity contribution >= 4 is 17.5 Å². The quantitative estimate of drug-likeness (QED) is 0.797. The van der Waals surface area contributed by atoms with Crippen LogP contribution in [0.4, 0.5) is 10.1 Å². The van der Waals surface area contributed by atoms with E-state index in [9.17, 15) is 14.0 Å². The Labute approximate surface area is 152 Å². The zero-order valence-corrected chi connectivity index (χ0v) is 14.5. The van der Waals surface area contributed by atoms with Gasteiger partial charge in [0.1, 0.15) is 5.82 Å². The molecule has 0 aromatic heterocycles. The highest BCUT2D eigenvalue weighted by Crippen LogP contribution is 2.43. The van der Waals surface area contributed by atoms with Gasteiger partial charge in [-0.3, -0.25) is 9.59 Å². The third-order valence-corrected chi connectivity index (χ3v) is 5.55. The average molecular weight is 352 g/mol. The lowest BCUT2D eigenvalue weighted by molar-refractivity contribution is -0.143. The molecule has 0 unspecified atom stereocenters. The number of anilines is 1. The van der Waals surface area contributed by atoms with Gasteiger partial charge in [-0.15, -0.1) is 0 Å². The summed E-state index contributed by atoms with van der Waals surface area (Å²) in [5.74, 6) is -0.160. The van der Waals surface area contributed by atoms with Crippen LogP contribution in [0.3, 0.4) is 0 Å². The van der Waals surface area contributed by atoms with Gasteiger partial charge in [0, 0.05) is 25.3 Å². The Morgan fingerprint density at radius 1 is 1.04 bits per heavy atom. The van der Waals surface area contributed by atoms with Gasteiger partial charge in [-0.25, -0.2) is 4.39 Å². The highest BCUT2D eigenvalue weighted by atomic mass is 19.1. The highest BCUT2D eigenvalue weighted by Gasteiger charge is 2.53. The number of amides is 2. The zero-order valence-electron chi connectivity index (χ0n) is 14.5. The summed E-state index contributed by atoms with van der Waals surface area (Å²) in [6, 6.07) is 15.9. The second-order valence-electron chi connectivity index (χ2n) is 7.19. The summed E-state index contributed by atoms with van der Waals surface area (Å²) in [6.45, 7) is 1.90. The Morgan fingerprint density at radius 2 is 1.77 bits per heavy atom. The zero-order chi connectivity index (χ0) is 18.1. The number of hydrogen-bond donors (Lipinski definition) is 0. The number of hydrogen-bond acceptors (Lipinski definition) is 2. The first-order valence-electron chi connectivity index (χ1n) is 8.97. The summed E-state index contributed by atoms with van der Waals surface area (Å²) in [6.07, 6.45) is 1.60. The summed E-state index contributed by atoms with van der Waals surface area (Å²) in [5, 5.41) is 0. The topological polar surface area (TPSA) is 40.6 Å². The predicted molar refractivity (Wildman–Crippen MR) is 97.1 cm³/mol. The smallest absolute Gasteiger partial charge is 0.235 e. The molecule has 0 aliphatic carbocycles. The van der Waals surface area contributed by atoms with Crippen LogP contribution in [-0.4, -0.2) is 36.3 Å². The molecule has 134 valence electrons. The van der Waals surface area contributed by atoms with Gasteiger partial charge >= 0.3 is 0 Å². The third kappa shape index (κ3) is 2.98. The molecule has 1 spiro atoms. The number of carbonyl (C=O) groups excluding carboxylic acids is 2. The molecule has 2 aromatic rings. The Balaban J connectivity index is 1.34. The lowest BCUT2D eigenvalue weighted by Crippen LogP contribution is -2.65. The van der Waals surface area contributed by atoms with Crippen LogP contribution in [0.2, 0.25) is 0 Å². The van der Waals surface area contributed by atoms with Gasteiger partial charge in [0.2, 0.25) is 11.8 Å². The number of carbonyl (C=O) groups is 2. The first-order valence-corrected chi connectivity index (χ1v) is 8.97. The maximum absolute atomic E-state index is 13.3. The predicted octanol–water partition coefficient (Wildman–Crippen LogP) is 3.02. The molecule has 2 aliphatic heterocycles. The minimum Gasteiger partial charge on any atom is -0.342 e. The van der Waals surface area contributed by atoms with Gasteiger partial charge in [0.05, 0.1) is 11.8 Å². The van der Waals surface area contributed by atoms with Crippen LogP contribution in [0.5, 0.6) is 0 Å². The first kappa shape index (κ1) is 16.8. The molecule has 0 saturated carbocycles. The normalized spacial score (nSPS) is 18.7. The van der Waals surface area contributed by atoms with E-state index in [1.165, 1.54) is 12.1 Å². The second-order valence-corrected chi connectivity index (χ2v) is 7.19. The van der Waals surface area contributed by atoms with Crippen LogP contribution in [0.15, 0.2) is 54.6 Å². The van der Waals surface area contributed by atoms with Gasteiger partial charge in [0.25, 0.3) is 0 Å². The summed E-state index contributed by atoms with van der Waals surface area (Å²) in [4.78, 5) is 28.8. The Kier molecular flexibility index (Phi) is 4.23. The van der Waals surface area contributed by atoms with Crippen LogP contribution in [-0.2, 0) is 16.0 Å². The van der Waals surface area contributed by atoms with E-state index in [2.05, 4.69) is 0 Å². The lowest BCUT2D eigenvalue weighted by atomic mass is 9.70. The molecule has 0 bridgehead atoms. The van der Waals surface area contributed by atoms with Crippen LogP contribution >= 0.6 is 0 Å². The lowest BCUT2D eigenvalue weighted by Gasteiger charge is -2.52. The number of benzene rings is 2. The number of para-hydroxylation sites is 1. The monoisotopic (exact) mass is 352 g/mol. The fraction of sp³-hybridized carbons (Fsp3) is 0.333. The van der Waals surface area contributed by atoms with Crippen LogP contribution in [0, 0.1) is 11.2 Å². The number of piperidine rings is 1. The van der Waals surface area contributed by atoms with Crippen molar-refractivity contribution in [3.63, 3.8) is 0 Å². The average Bonchev–Trinajstić information content (AvgIpc) is 2.67. The molecule has 0 radical (unpaired) electrons. The largest absolute Gasteiger partial charge is 0.342 e. The van der Waals surface area contributed by atoms with Crippen LogP contribution < -0.4 is 4.90 Å². The summed E-state index contributed by atoms with van der Waals surface area (Å²) in [7, 11) is 0. The van der Waals surface area contributed by atoms with Gasteiger partial charge in [-0.2, -0.15) is 0 Å². The molecule has 2 fully saturated rings. The van der Waals surface area contributed by atoms with Crippen molar-refractivity contribution in [2.45, 2.75) is 19.3 Å². The SMILES string of the molecule is O=C(Cc1cccc(F)c1)N1CCC2(CC1)CN(c1ccccc1)C2=O. The number of rotatable bonds is 3. The molecule has 2 aromatic carbocycles. The molecule has 2 heterocycles. The van der Waals surface area contributed by atoms with E-state index in [4.69, 9.17) is 0 Å². The summed E-state index contributed by atoms with van der Waals surface area (Å²) in [5.41, 5.74) is 1.31. The van der Waals surface area contributed by atoms with Crippen LogP contribution in [0.25, 0.3) is 0 Å². The molecule has 4 nitrogen and oxygen atoms in total. The molecular formula is C21H21FN2O2. The Hall–Kier alpha value is -2.69. The van der Waals surface area contributed by atoms with E-state index < -0.39 is 0 Å². The molecule has 2 amide bonds. The Bertz CT molecular complexity index is 829. The second kappa shape index (κ2) is 6.56. The van der Waals surface area contributed by atoms with Crippen molar-refractivity contribution in [3.05, 3.63) is 66.0 Å². The molecule has 2 saturated heterocycles. The van der Waals surface area contributed by atoms with Crippen molar-refractivity contribution < 1.29 is 14.0 Å². The van der Waals surface area contributed by atoms with Crippen molar-refractivity contribution in [1.29, 1.82) is 0 Å². The maximum atomic E-state index is 13.3. The van der Waals surface area contributed by atoms with Gasteiger partial charge in [-0.05, 0) is 42.7 Å². The van der Waals surface area contributed by atoms with E-state index in [-0.39, 0.29) is 29.5 Å². The van der Waals surface area contributed by atoms with E-state index in [0.717, 1.165) is 12.2 Å². The third-order valence-electron chi connectivity index (χ3n) is 5.55. The van der Waals surface area contributed by atoms with E-state index in [0.29, 0.717) is 31.5 Å². The summed E-state index contributed by atoms with van der Waals surface area (Å²) < 4.78 is 13.3. The van der Waals surface area contributed by atoms with Crippen molar-refractivity contribution in [3.8, 4) is 0 Å². The van der Waals surface area contributed by atoms with E-state index in [1.54, 1.807) is 17.0 Å². The minimum atomic E-state index is -0.325. The molecule has 4 rings (SSSR count). The standard InChI is InChI=1S/C21H21FN2O2/c22-17-6-4-5-16(13-17)14-19(25)23-11-9-21(10-12-23)15-24(20(21)26)18-7-2-1-3-8-18/h1-8,13H,9-12,14-15H2. The molecule has 0 N–H and O–H groups in total. The fourth-order valence-electron chi connectivity index (χ4n) is 3.94. The van der Waals surface area contributed by atoms with Gasteiger partial charge in [-0.1, -0.05) is 30.3 Å².